The average Bonchev–Trinajstić information content (AvgIpc) is 2.46. The molecule has 0 aliphatic carbocycles. The quantitative estimate of drug-likeness (QED) is 0.713. The minimum atomic E-state index is -0.140. The smallest absolute Gasteiger partial charge is 0.124 e. The number of thiophene rings is 1. The molecule has 2 rings (SSSR count). The zero-order valence-electron chi connectivity index (χ0n) is 7.10. The summed E-state index contributed by atoms with van der Waals surface area (Å²) >= 11 is 5.04. The lowest BCUT2D eigenvalue weighted by Crippen LogP contribution is -1.83. The van der Waals surface area contributed by atoms with Crippen molar-refractivity contribution in [2.75, 3.05) is 0 Å². The molecule has 1 heterocycles. The molecule has 0 unspecified atom stereocenters. The van der Waals surface area contributed by atoms with Crippen LogP contribution in [0.5, 0.6) is 0 Å². The van der Waals surface area contributed by atoms with Crippen LogP contribution in [0.3, 0.4) is 0 Å². The van der Waals surface area contributed by atoms with Crippen LogP contribution >= 0.6 is 27.3 Å². The third-order valence-electron chi connectivity index (χ3n) is 2.06. The van der Waals surface area contributed by atoms with Crippen LogP contribution in [0.1, 0.15) is 12.5 Å². The number of halogens is 2. The Morgan fingerprint density at radius 1 is 1.46 bits per heavy atom. The fraction of sp³-hybridized carbons (Fsp3) is 0.200. The van der Waals surface area contributed by atoms with Gasteiger partial charge in [-0.2, -0.15) is 0 Å². The van der Waals surface area contributed by atoms with Gasteiger partial charge in [-0.25, -0.2) is 4.39 Å². The molecule has 68 valence electrons. The third kappa shape index (κ3) is 1.51. The van der Waals surface area contributed by atoms with Gasteiger partial charge in [0.2, 0.25) is 0 Å². The van der Waals surface area contributed by atoms with Gasteiger partial charge in [0.1, 0.15) is 5.82 Å². The standard InChI is InChI=1S/C10H8BrFS/c1-2-6-3-7(12)4-9-10(6)8(11)5-13-9/h3-5H,2H2,1H3. The second kappa shape index (κ2) is 3.39. The molecule has 0 spiro atoms. The SMILES string of the molecule is CCc1cc(F)cc2scc(Br)c12. The van der Waals surface area contributed by atoms with E-state index < -0.39 is 0 Å². The van der Waals surface area contributed by atoms with Crippen LogP contribution in [0.25, 0.3) is 10.1 Å². The minimum Gasteiger partial charge on any atom is -0.207 e. The molecule has 0 bridgehead atoms. The first-order valence-electron chi connectivity index (χ1n) is 4.07. The van der Waals surface area contributed by atoms with Crippen molar-refractivity contribution in [2.24, 2.45) is 0 Å². The van der Waals surface area contributed by atoms with Crippen LogP contribution in [0.4, 0.5) is 4.39 Å². The molecule has 3 heteroatoms. The predicted octanol–water partition coefficient (Wildman–Crippen LogP) is 4.37. The van der Waals surface area contributed by atoms with Crippen LogP contribution in [0.2, 0.25) is 0 Å². The Hall–Kier alpha value is -0.410. The molecule has 0 atom stereocenters. The molecule has 0 saturated heterocycles. The van der Waals surface area contributed by atoms with E-state index >= 15 is 0 Å². The summed E-state index contributed by atoms with van der Waals surface area (Å²) in [4.78, 5) is 0. The summed E-state index contributed by atoms with van der Waals surface area (Å²) in [6.45, 7) is 2.04. The molecule has 13 heavy (non-hydrogen) atoms. The molecule has 2 aromatic rings. The van der Waals surface area contributed by atoms with Gasteiger partial charge >= 0.3 is 0 Å². The number of rotatable bonds is 1. The molecule has 0 saturated carbocycles. The van der Waals surface area contributed by atoms with E-state index in [2.05, 4.69) is 15.9 Å². The first-order chi connectivity index (χ1) is 6.22. The summed E-state index contributed by atoms with van der Waals surface area (Å²) in [5.41, 5.74) is 1.07. The van der Waals surface area contributed by atoms with Crippen molar-refractivity contribution >= 4 is 37.4 Å². The lowest BCUT2D eigenvalue weighted by molar-refractivity contribution is 0.628. The van der Waals surface area contributed by atoms with E-state index in [1.165, 1.54) is 0 Å². The van der Waals surface area contributed by atoms with Gasteiger partial charge in [-0.1, -0.05) is 6.92 Å². The van der Waals surface area contributed by atoms with Gasteiger partial charge in [0.25, 0.3) is 0 Å². The van der Waals surface area contributed by atoms with Gasteiger partial charge in [-0.3, -0.25) is 0 Å². The van der Waals surface area contributed by atoms with Crippen molar-refractivity contribution in [3.8, 4) is 0 Å². The van der Waals surface area contributed by atoms with Gasteiger partial charge in [0, 0.05) is 19.9 Å². The molecular formula is C10H8BrFS. The van der Waals surface area contributed by atoms with Gasteiger partial charge in [0.05, 0.1) is 0 Å². The van der Waals surface area contributed by atoms with Gasteiger partial charge in [0.15, 0.2) is 0 Å². The van der Waals surface area contributed by atoms with Crippen molar-refractivity contribution in [2.45, 2.75) is 13.3 Å². The van der Waals surface area contributed by atoms with E-state index in [9.17, 15) is 4.39 Å². The molecule has 1 aromatic carbocycles. The molecule has 0 amide bonds. The molecule has 0 nitrogen and oxygen atoms in total. The summed E-state index contributed by atoms with van der Waals surface area (Å²) in [6, 6.07) is 3.20. The van der Waals surface area contributed by atoms with Crippen molar-refractivity contribution in [1.29, 1.82) is 0 Å². The Kier molecular flexibility index (Phi) is 2.39. The van der Waals surface area contributed by atoms with E-state index in [0.29, 0.717) is 0 Å². The molecular weight excluding hydrogens is 251 g/mol. The Balaban J connectivity index is 2.85. The highest BCUT2D eigenvalue weighted by atomic mass is 79.9. The zero-order chi connectivity index (χ0) is 9.42. The summed E-state index contributed by atoms with van der Waals surface area (Å²) in [7, 11) is 0. The highest BCUT2D eigenvalue weighted by Gasteiger charge is 2.07. The van der Waals surface area contributed by atoms with Crippen molar-refractivity contribution < 1.29 is 4.39 Å². The first-order valence-corrected chi connectivity index (χ1v) is 5.74. The maximum Gasteiger partial charge on any atom is 0.124 e. The molecule has 0 N–H and O–H groups in total. The number of hydrogen-bond acceptors (Lipinski definition) is 1. The second-order valence-electron chi connectivity index (χ2n) is 2.88. The summed E-state index contributed by atoms with van der Waals surface area (Å²) in [6.07, 6.45) is 0.865. The largest absolute Gasteiger partial charge is 0.207 e. The van der Waals surface area contributed by atoms with Crippen molar-refractivity contribution in [1.82, 2.24) is 0 Å². The maximum absolute atomic E-state index is 13.1. The van der Waals surface area contributed by atoms with E-state index in [-0.39, 0.29) is 5.82 Å². The minimum absolute atomic E-state index is 0.140. The highest BCUT2D eigenvalue weighted by molar-refractivity contribution is 9.10. The monoisotopic (exact) mass is 258 g/mol. The number of benzene rings is 1. The fourth-order valence-electron chi connectivity index (χ4n) is 1.45. The van der Waals surface area contributed by atoms with Crippen LogP contribution < -0.4 is 0 Å². The van der Waals surface area contributed by atoms with Crippen LogP contribution in [-0.2, 0) is 6.42 Å². The lowest BCUT2D eigenvalue weighted by Gasteiger charge is -2.00. The topological polar surface area (TPSA) is 0 Å². The Morgan fingerprint density at radius 2 is 2.23 bits per heavy atom. The second-order valence-corrected chi connectivity index (χ2v) is 4.64. The summed E-state index contributed by atoms with van der Waals surface area (Å²) in [5, 5.41) is 3.16. The van der Waals surface area contributed by atoms with Crippen molar-refractivity contribution in [3.63, 3.8) is 0 Å². The lowest BCUT2D eigenvalue weighted by atomic mass is 10.1. The van der Waals surface area contributed by atoms with E-state index in [0.717, 1.165) is 26.5 Å². The molecule has 1 aromatic heterocycles. The third-order valence-corrected chi connectivity index (χ3v) is 3.92. The Bertz CT molecular complexity index is 447. The van der Waals surface area contributed by atoms with E-state index in [1.807, 2.05) is 12.3 Å². The van der Waals surface area contributed by atoms with E-state index in [1.54, 1.807) is 23.5 Å². The Morgan fingerprint density at radius 3 is 2.92 bits per heavy atom. The van der Waals surface area contributed by atoms with Gasteiger partial charge < -0.3 is 0 Å². The highest BCUT2D eigenvalue weighted by Crippen LogP contribution is 2.33. The van der Waals surface area contributed by atoms with Gasteiger partial charge in [-0.15, -0.1) is 11.3 Å². The van der Waals surface area contributed by atoms with Gasteiger partial charge in [-0.05, 0) is 40.0 Å². The summed E-state index contributed by atoms with van der Waals surface area (Å²) < 4.78 is 15.2. The normalized spacial score (nSPS) is 11.0. The average molecular weight is 259 g/mol. The zero-order valence-corrected chi connectivity index (χ0v) is 9.51. The predicted molar refractivity (Wildman–Crippen MR) is 58.9 cm³/mol. The molecule has 0 aliphatic rings. The van der Waals surface area contributed by atoms with E-state index in [4.69, 9.17) is 0 Å². The Labute approximate surface area is 88.5 Å². The molecule has 0 aliphatic heterocycles. The number of hydrogen-bond donors (Lipinski definition) is 0. The fourth-order valence-corrected chi connectivity index (χ4v) is 3.22. The number of aryl methyl sites for hydroxylation is 1. The molecule has 0 fully saturated rings. The maximum atomic E-state index is 13.1. The van der Waals surface area contributed by atoms with Crippen LogP contribution in [0, 0.1) is 5.82 Å². The van der Waals surface area contributed by atoms with Crippen LogP contribution in [0.15, 0.2) is 22.0 Å². The van der Waals surface area contributed by atoms with Crippen molar-refractivity contribution in [3.05, 3.63) is 33.4 Å². The molecule has 0 radical (unpaired) electrons. The summed E-state index contributed by atoms with van der Waals surface area (Å²) in [5.74, 6) is -0.140. The first kappa shape index (κ1) is 9.16. The number of fused-ring (bicyclic) bond motifs is 1. The van der Waals surface area contributed by atoms with Crippen LogP contribution in [-0.4, -0.2) is 0 Å².